The van der Waals surface area contributed by atoms with Crippen molar-refractivity contribution in [1.82, 2.24) is 24.9 Å². The maximum Gasteiger partial charge on any atom is 0.416 e. The summed E-state index contributed by atoms with van der Waals surface area (Å²) in [6, 6.07) is 10.4. The van der Waals surface area contributed by atoms with Crippen LogP contribution >= 0.6 is 11.6 Å². The smallest absolute Gasteiger partial charge is 0.356 e. The summed E-state index contributed by atoms with van der Waals surface area (Å²) in [4.78, 5) is 25.7. The molecule has 1 saturated carbocycles. The molecule has 0 radical (unpaired) electrons. The lowest BCUT2D eigenvalue weighted by Gasteiger charge is -2.15. The maximum atomic E-state index is 13.1. The van der Waals surface area contributed by atoms with Gasteiger partial charge in [-0.2, -0.15) is 23.4 Å². The first-order chi connectivity index (χ1) is 18.0. The van der Waals surface area contributed by atoms with Gasteiger partial charge in [-0.3, -0.25) is 9.59 Å². The molecule has 1 amide bonds. The fourth-order valence-electron chi connectivity index (χ4n) is 4.35. The second-order valence-corrected chi connectivity index (χ2v) is 9.88. The molecule has 0 saturated heterocycles. The van der Waals surface area contributed by atoms with E-state index in [9.17, 15) is 27.2 Å². The van der Waals surface area contributed by atoms with Gasteiger partial charge in [-0.1, -0.05) is 23.7 Å². The van der Waals surface area contributed by atoms with Crippen molar-refractivity contribution in [3.05, 3.63) is 87.2 Å². The van der Waals surface area contributed by atoms with Crippen molar-refractivity contribution >= 4 is 28.4 Å². The van der Waals surface area contributed by atoms with E-state index in [2.05, 4.69) is 15.5 Å². The number of benzene rings is 2. The van der Waals surface area contributed by atoms with Crippen molar-refractivity contribution in [3.63, 3.8) is 0 Å². The highest BCUT2D eigenvalue weighted by Crippen LogP contribution is 2.50. The van der Waals surface area contributed by atoms with Crippen LogP contribution in [0.25, 0.3) is 16.6 Å². The van der Waals surface area contributed by atoms with Gasteiger partial charge >= 0.3 is 6.18 Å². The molecule has 7 nitrogen and oxygen atoms in total. The van der Waals surface area contributed by atoms with Gasteiger partial charge in [-0.25, -0.2) is 13.8 Å². The van der Waals surface area contributed by atoms with Crippen LogP contribution < -0.4 is 10.9 Å². The van der Waals surface area contributed by atoms with E-state index in [-0.39, 0.29) is 46.4 Å². The Labute approximate surface area is 219 Å². The molecule has 0 atom stereocenters. The first-order valence-corrected chi connectivity index (χ1v) is 12.3. The molecular formula is C26H22ClF4N5O2. The number of nitrogens with one attached hydrogen (secondary N) is 1. The summed E-state index contributed by atoms with van der Waals surface area (Å²) >= 11 is 6.38. The van der Waals surface area contributed by atoms with Gasteiger partial charge in [0.2, 0.25) is 5.91 Å². The van der Waals surface area contributed by atoms with Crippen molar-refractivity contribution in [2.24, 2.45) is 5.41 Å². The van der Waals surface area contributed by atoms with Crippen molar-refractivity contribution in [3.8, 4) is 5.69 Å². The molecule has 38 heavy (non-hydrogen) atoms. The first kappa shape index (κ1) is 25.9. The Morgan fingerprint density at radius 3 is 2.39 bits per heavy atom. The molecule has 12 heteroatoms. The van der Waals surface area contributed by atoms with Crippen LogP contribution in [-0.4, -0.2) is 32.0 Å². The fraction of sp³-hybridized carbons (Fsp3) is 0.308. The van der Waals surface area contributed by atoms with Crippen LogP contribution in [0.3, 0.4) is 0 Å². The summed E-state index contributed by atoms with van der Waals surface area (Å²) in [5.41, 5.74) is -0.508. The number of halogens is 5. The Hall–Kier alpha value is -3.73. The molecule has 0 bridgehead atoms. The van der Waals surface area contributed by atoms with Crippen LogP contribution in [0, 0.1) is 11.2 Å². The van der Waals surface area contributed by atoms with Crippen LogP contribution in [-0.2, 0) is 23.9 Å². The van der Waals surface area contributed by atoms with Gasteiger partial charge in [0, 0.05) is 13.0 Å². The van der Waals surface area contributed by atoms with Crippen molar-refractivity contribution < 1.29 is 22.4 Å². The summed E-state index contributed by atoms with van der Waals surface area (Å²) in [5.74, 6) is -0.461. The molecule has 2 aromatic heterocycles. The highest BCUT2D eigenvalue weighted by Gasteiger charge is 2.45. The van der Waals surface area contributed by atoms with E-state index in [1.807, 2.05) is 0 Å². The molecule has 198 valence electrons. The summed E-state index contributed by atoms with van der Waals surface area (Å²) in [6.07, 6.45) is -0.780. The normalized spacial score (nSPS) is 14.6. The molecule has 0 spiro atoms. The summed E-state index contributed by atoms with van der Waals surface area (Å²) < 4.78 is 54.1. The monoisotopic (exact) mass is 547 g/mol. The standard InChI is InChI=1S/C26H22ClF4N5O2/c27-23-20-14-33-35(24(38)22(20)34-36(23)19-7-3-17(4-8-19)26(29,30)31)15-25(10-11-25)13-21(37)32-12-9-16-1-5-18(28)6-2-16/h1-8,14H,9-13,15H2,(H,32,37). The number of fused-ring (bicyclic) bond motifs is 1. The Bertz CT molecular complexity index is 1540. The van der Waals surface area contributed by atoms with E-state index in [1.165, 1.54) is 39.8 Å². The van der Waals surface area contributed by atoms with Crippen LogP contribution in [0.15, 0.2) is 59.5 Å². The lowest BCUT2D eigenvalue weighted by Crippen LogP contribution is -2.32. The minimum absolute atomic E-state index is 0.0319. The number of aromatic nitrogens is 4. The third kappa shape index (κ3) is 5.42. The van der Waals surface area contributed by atoms with Gasteiger partial charge in [0.15, 0.2) is 5.52 Å². The number of carbonyl (C=O) groups is 1. The van der Waals surface area contributed by atoms with Crippen LogP contribution in [0.4, 0.5) is 17.6 Å². The number of hydrogen-bond acceptors (Lipinski definition) is 4. The van der Waals surface area contributed by atoms with E-state index >= 15 is 0 Å². The lowest BCUT2D eigenvalue weighted by molar-refractivity contribution is -0.137. The van der Waals surface area contributed by atoms with Crippen molar-refractivity contribution in [2.45, 2.75) is 38.4 Å². The molecule has 4 aromatic rings. The summed E-state index contributed by atoms with van der Waals surface area (Å²) in [7, 11) is 0. The Morgan fingerprint density at radius 1 is 1.08 bits per heavy atom. The molecule has 0 unspecified atom stereocenters. The highest BCUT2D eigenvalue weighted by atomic mass is 35.5. The first-order valence-electron chi connectivity index (χ1n) is 11.9. The Balaban J connectivity index is 1.27. The topological polar surface area (TPSA) is 81.8 Å². The number of carbonyl (C=O) groups excluding carboxylic acids is 1. The molecule has 2 aromatic carbocycles. The van der Waals surface area contributed by atoms with E-state index in [0.29, 0.717) is 13.0 Å². The minimum Gasteiger partial charge on any atom is -0.356 e. The van der Waals surface area contributed by atoms with Crippen LogP contribution in [0.1, 0.15) is 30.4 Å². The van der Waals surface area contributed by atoms with Crippen molar-refractivity contribution in [1.29, 1.82) is 0 Å². The van der Waals surface area contributed by atoms with Crippen LogP contribution in [0.5, 0.6) is 0 Å². The average Bonchev–Trinajstić information content (AvgIpc) is 3.54. The Morgan fingerprint density at radius 2 is 1.76 bits per heavy atom. The largest absolute Gasteiger partial charge is 0.416 e. The third-order valence-electron chi connectivity index (χ3n) is 6.69. The zero-order valence-electron chi connectivity index (χ0n) is 19.9. The zero-order valence-corrected chi connectivity index (χ0v) is 20.7. The number of nitrogens with zero attached hydrogens (tertiary/aromatic N) is 4. The molecule has 1 aliphatic carbocycles. The molecule has 1 N–H and O–H groups in total. The summed E-state index contributed by atoms with van der Waals surface area (Å²) in [6.45, 7) is 0.627. The van der Waals surface area contributed by atoms with Gasteiger partial charge in [-0.15, -0.1) is 0 Å². The summed E-state index contributed by atoms with van der Waals surface area (Å²) in [5, 5.41) is 11.7. The minimum atomic E-state index is -4.48. The number of rotatable bonds is 8. The second-order valence-electron chi connectivity index (χ2n) is 9.52. The second kappa shape index (κ2) is 9.86. The van der Waals surface area contributed by atoms with E-state index in [0.717, 1.165) is 30.5 Å². The molecule has 0 aliphatic heterocycles. The number of hydrogen-bond donors (Lipinski definition) is 1. The number of amides is 1. The maximum absolute atomic E-state index is 13.1. The van der Waals surface area contributed by atoms with Gasteiger partial charge in [-0.05, 0) is 66.6 Å². The third-order valence-corrected chi connectivity index (χ3v) is 7.06. The predicted molar refractivity (Wildman–Crippen MR) is 133 cm³/mol. The molecule has 1 aliphatic rings. The fourth-order valence-corrected chi connectivity index (χ4v) is 4.62. The van der Waals surface area contributed by atoms with Gasteiger partial charge in [0.1, 0.15) is 11.0 Å². The molecule has 2 heterocycles. The Kier molecular flexibility index (Phi) is 6.72. The van der Waals surface area contributed by atoms with E-state index in [4.69, 9.17) is 11.6 Å². The average molecular weight is 548 g/mol. The number of alkyl halides is 3. The van der Waals surface area contributed by atoms with Gasteiger partial charge < -0.3 is 5.32 Å². The zero-order chi connectivity index (χ0) is 27.1. The predicted octanol–water partition coefficient (Wildman–Crippen LogP) is 4.92. The van der Waals surface area contributed by atoms with Gasteiger partial charge in [0.25, 0.3) is 5.56 Å². The molecule has 1 fully saturated rings. The van der Waals surface area contributed by atoms with Crippen LogP contribution in [0.2, 0.25) is 5.15 Å². The van der Waals surface area contributed by atoms with Crippen molar-refractivity contribution in [2.75, 3.05) is 6.54 Å². The molecular weight excluding hydrogens is 526 g/mol. The van der Waals surface area contributed by atoms with Gasteiger partial charge in [0.05, 0.1) is 29.4 Å². The SMILES string of the molecule is O=C(CC1(Cn2ncc3c(Cl)n(-c4ccc(C(F)(F)F)cc4)nc3c2=O)CC1)NCCc1ccc(F)cc1. The molecule has 5 rings (SSSR count). The highest BCUT2D eigenvalue weighted by molar-refractivity contribution is 6.34. The van der Waals surface area contributed by atoms with E-state index < -0.39 is 22.7 Å². The van der Waals surface area contributed by atoms with E-state index in [1.54, 1.807) is 12.1 Å². The quantitative estimate of drug-likeness (QED) is 0.317. The lowest BCUT2D eigenvalue weighted by atomic mass is 10.0.